The number of carbonyl (C=O) groups excluding carboxylic acids is 5. The van der Waals surface area contributed by atoms with E-state index in [0.717, 1.165) is 4.90 Å². The number of likely N-dealkylation sites (tertiary alicyclic amines) is 2. The Morgan fingerprint density at radius 2 is 1.83 bits per heavy atom. The number of nitrogens with zero attached hydrogens (tertiary/aromatic N) is 2. The minimum absolute atomic E-state index is 0.108. The lowest BCUT2D eigenvalue weighted by atomic mass is 9.56. The highest BCUT2D eigenvalue weighted by Gasteiger charge is 2.76. The van der Waals surface area contributed by atoms with E-state index in [4.69, 9.17) is 33.7 Å². The summed E-state index contributed by atoms with van der Waals surface area (Å²) in [4.78, 5) is 62.0. The number of carbonyl (C=O) groups is 5. The number of ether oxygens (including phenoxy) is 1. The third-order valence-corrected chi connectivity index (χ3v) is 9.19. The molecule has 2 aliphatic carbocycles. The lowest BCUT2D eigenvalue weighted by Crippen LogP contribution is -2.60. The topological polar surface area (TPSA) is 147 Å². The molecular weight excluding hydrogens is 501 g/mol. The van der Waals surface area contributed by atoms with Crippen LogP contribution in [0.1, 0.15) is 24.3 Å². The molecule has 2 aliphatic heterocycles. The maximum absolute atomic E-state index is 13.4. The fourth-order valence-electron chi connectivity index (χ4n) is 6.21. The molecule has 3 fully saturated rings. The molecule has 12 heteroatoms. The van der Waals surface area contributed by atoms with E-state index in [1.165, 1.54) is 32.4 Å². The summed E-state index contributed by atoms with van der Waals surface area (Å²) < 4.78 is 5.23. The van der Waals surface area contributed by atoms with Gasteiger partial charge in [-0.05, 0) is 36.5 Å². The monoisotopic (exact) mass is 521 g/mol. The second kappa shape index (κ2) is 7.44. The molecule has 0 aromatic heterocycles. The number of benzene rings is 1. The fourth-order valence-corrected chi connectivity index (χ4v) is 7.23. The number of rotatable bonds is 2. The molecule has 0 spiro atoms. The van der Waals surface area contributed by atoms with Crippen LogP contribution in [-0.4, -0.2) is 68.5 Å². The molecule has 3 N–H and O–H groups in total. The summed E-state index contributed by atoms with van der Waals surface area (Å²) in [6.45, 7) is 0. The van der Waals surface area contributed by atoms with Crippen LogP contribution in [0.15, 0.2) is 29.8 Å². The van der Waals surface area contributed by atoms with Crippen LogP contribution in [0.25, 0.3) is 0 Å². The van der Waals surface area contributed by atoms with Gasteiger partial charge in [0.2, 0.25) is 11.8 Å². The van der Waals surface area contributed by atoms with Crippen LogP contribution >= 0.6 is 23.2 Å². The number of urea groups is 1. The van der Waals surface area contributed by atoms with Gasteiger partial charge in [0.05, 0.1) is 18.9 Å². The lowest BCUT2D eigenvalue weighted by Gasteiger charge is -2.50. The number of nitrogens with two attached hydrogens (primary N) is 1. The summed E-state index contributed by atoms with van der Waals surface area (Å²) >= 11 is 14.0. The maximum Gasteiger partial charge on any atom is 0.328 e. The molecule has 2 saturated heterocycles. The van der Waals surface area contributed by atoms with Crippen molar-refractivity contribution in [3.8, 4) is 11.5 Å². The SMILES string of the molecule is COc1cc(C2C3=CCC4C(=O)N(C(N)=O)C(=O)C4C3CC3(Cl)C(=O)N(C)C(=O)C23Cl)ccc1O. The first kappa shape index (κ1) is 23.6. The number of methoxy groups -OCH3 is 1. The van der Waals surface area contributed by atoms with E-state index >= 15 is 0 Å². The van der Waals surface area contributed by atoms with E-state index in [0.29, 0.717) is 16.0 Å². The second-order valence-corrected chi connectivity index (χ2v) is 10.5. The van der Waals surface area contributed by atoms with E-state index in [1.807, 2.05) is 0 Å². The van der Waals surface area contributed by atoms with Gasteiger partial charge in [-0.15, -0.1) is 23.2 Å². The summed E-state index contributed by atoms with van der Waals surface area (Å²) in [5, 5.41) is 10.1. The number of aromatic hydroxyl groups is 1. The second-order valence-electron chi connectivity index (χ2n) is 9.28. The predicted octanol–water partition coefficient (Wildman–Crippen LogP) is 1.47. The molecule has 1 saturated carbocycles. The Labute approximate surface area is 209 Å². The van der Waals surface area contributed by atoms with Crippen LogP contribution in [0.3, 0.4) is 0 Å². The van der Waals surface area contributed by atoms with Crippen LogP contribution in [0.5, 0.6) is 11.5 Å². The van der Waals surface area contributed by atoms with Crippen molar-refractivity contribution in [1.82, 2.24) is 9.80 Å². The van der Waals surface area contributed by atoms with Gasteiger partial charge in [-0.2, -0.15) is 4.90 Å². The minimum Gasteiger partial charge on any atom is -0.504 e. The Bertz CT molecular complexity index is 1270. The highest BCUT2D eigenvalue weighted by Crippen LogP contribution is 2.65. The molecule has 1 aromatic rings. The van der Waals surface area contributed by atoms with E-state index in [1.54, 1.807) is 6.08 Å². The number of halogens is 2. The molecule has 0 bridgehead atoms. The Hall–Kier alpha value is -3.11. The molecule has 35 heavy (non-hydrogen) atoms. The number of imide groups is 4. The predicted molar refractivity (Wildman–Crippen MR) is 122 cm³/mol. The Morgan fingerprint density at radius 3 is 2.46 bits per heavy atom. The summed E-state index contributed by atoms with van der Waals surface area (Å²) in [5.41, 5.74) is 6.27. The molecule has 6 atom stereocenters. The van der Waals surface area contributed by atoms with E-state index in [2.05, 4.69) is 0 Å². The molecule has 1 aromatic carbocycles. The van der Waals surface area contributed by atoms with Crippen LogP contribution in [0, 0.1) is 17.8 Å². The number of primary amides is 1. The van der Waals surface area contributed by atoms with Crippen LogP contribution in [-0.2, 0) is 19.2 Å². The molecule has 6 amide bonds. The van der Waals surface area contributed by atoms with Gasteiger partial charge in [-0.1, -0.05) is 17.7 Å². The zero-order valence-electron chi connectivity index (χ0n) is 18.7. The minimum atomic E-state index is -1.95. The number of fused-ring (bicyclic) bond motifs is 4. The standard InChI is InChI=1S/C23H21Cl2N3O7/c1-27-19(32)22(24)8-12-10(4-5-11-15(12)18(31)28(17(11)30)21(26)34)16(23(22,25)20(27)33)9-3-6-13(29)14(7-9)35-2/h3-4,6-7,11-12,15-16,29H,5,8H2,1-2H3,(H2,26,34). The maximum atomic E-state index is 13.4. The van der Waals surface area contributed by atoms with E-state index < -0.39 is 63.1 Å². The first-order valence-corrected chi connectivity index (χ1v) is 11.6. The smallest absolute Gasteiger partial charge is 0.328 e. The van der Waals surface area contributed by atoms with E-state index in [9.17, 15) is 29.1 Å². The number of hydrogen-bond acceptors (Lipinski definition) is 7. The van der Waals surface area contributed by atoms with E-state index in [-0.39, 0.29) is 24.3 Å². The number of phenolic OH excluding ortho intramolecular Hbond substituents is 1. The van der Waals surface area contributed by atoms with Gasteiger partial charge in [0.1, 0.15) is 0 Å². The van der Waals surface area contributed by atoms with Gasteiger partial charge in [0.15, 0.2) is 21.2 Å². The quantitative estimate of drug-likeness (QED) is 0.340. The summed E-state index contributed by atoms with van der Waals surface area (Å²) in [6, 6.07) is 3.21. The van der Waals surface area contributed by atoms with Crippen molar-refractivity contribution >= 4 is 52.9 Å². The van der Waals surface area contributed by atoms with Gasteiger partial charge in [0, 0.05) is 13.0 Å². The van der Waals surface area contributed by atoms with Crippen LogP contribution in [0.4, 0.5) is 4.79 Å². The first-order chi connectivity index (χ1) is 16.4. The van der Waals surface area contributed by atoms with Gasteiger partial charge >= 0.3 is 6.03 Å². The van der Waals surface area contributed by atoms with Crippen molar-refractivity contribution in [3.63, 3.8) is 0 Å². The third kappa shape index (κ3) is 2.75. The van der Waals surface area contributed by atoms with Gasteiger partial charge in [-0.3, -0.25) is 24.1 Å². The molecule has 184 valence electrons. The normalized spacial score (nSPS) is 36.1. The highest BCUT2D eigenvalue weighted by molar-refractivity contribution is 6.53. The molecule has 0 radical (unpaired) electrons. The molecule has 4 aliphatic rings. The Balaban J connectivity index is 1.74. The number of hydrogen-bond donors (Lipinski definition) is 2. The zero-order chi connectivity index (χ0) is 25.6. The molecule has 2 heterocycles. The average Bonchev–Trinajstić information content (AvgIpc) is 3.15. The Morgan fingerprint density at radius 1 is 1.14 bits per heavy atom. The Kier molecular flexibility index (Phi) is 5.02. The number of phenols is 1. The van der Waals surface area contributed by atoms with Crippen molar-refractivity contribution in [3.05, 3.63) is 35.4 Å². The largest absolute Gasteiger partial charge is 0.504 e. The van der Waals surface area contributed by atoms with Crippen molar-refractivity contribution in [2.45, 2.75) is 28.5 Å². The van der Waals surface area contributed by atoms with Crippen molar-refractivity contribution in [2.75, 3.05) is 14.2 Å². The molecular formula is C23H21Cl2N3O7. The lowest BCUT2D eigenvalue weighted by molar-refractivity contribution is -0.139. The molecule has 6 unspecified atom stereocenters. The van der Waals surface area contributed by atoms with Crippen LogP contribution in [0.2, 0.25) is 0 Å². The first-order valence-electron chi connectivity index (χ1n) is 10.8. The van der Waals surface area contributed by atoms with Crippen molar-refractivity contribution in [2.24, 2.45) is 23.5 Å². The average molecular weight is 522 g/mol. The number of allylic oxidation sites excluding steroid dienone is 2. The fraction of sp³-hybridized carbons (Fsp3) is 0.435. The third-order valence-electron chi connectivity index (χ3n) is 7.77. The van der Waals surface area contributed by atoms with Crippen molar-refractivity contribution < 1.29 is 33.8 Å². The number of amides is 6. The van der Waals surface area contributed by atoms with Crippen LogP contribution < -0.4 is 10.5 Å². The summed E-state index contributed by atoms with van der Waals surface area (Å²) in [5.74, 6) is -6.56. The van der Waals surface area contributed by atoms with Gasteiger partial charge in [0.25, 0.3) is 11.8 Å². The summed E-state index contributed by atoms with van der Waals surface area (Å²) in [6.07, 6.45) is 1.64. The number of alkyl halides is 2. The van der Waals surface area contributed by atoms with Gasteiger partial charge < -0.3 is 15.6 Å². The molecule has 10 nitrogen and oxygen atoms in total. The van der Waals surface area contributed by atoms with Crippen molar-refractivity contribution in [1.29, 1.82) is 0 Å². The highest BCUT2D eigenvalue weighted by atomic mass is 35.5. The zero-order valence-corrected chi connectivity index (χ0v) is 20.2. The molecule has 5 rings (SSSR count). The van der Waals surface area contributed by atoms with Gasteiger partial charge in [-0.25, -0.2) is 4.79 Å². The summed E-state index contributed by atoms with van der Waals surface area (Å²) in [7, 11) is 2.64.